The summed E-state index contributed by atoms with van der Waals surface area (Å²) in [4.78, 5) is 4.03. The van der Waals surface area contributed by atoms with Gasteiger partial charge in [0.1, 0.15) is 22.4 Å². The lowest BCUT2D eigenvalue weighted by atomic mass is 10.3. The van der Waals surface area contributed by atoms with Crippen molar-refractivity contribution < 1.29 is 4.52 Å². The fourth-order valence-corrected chi connectivity index (χ4v) is 1.81. The van der Waals surface area contributed by atoms with Crippen LogP contribution in [0.2, 0.25) is 15.2 Å². The van der Waals surface area contributed by atoms with Gasteiger partial charge in [0.25, 0.3) is 0 Å². The lowest BCUT2D eigenvalue weighted by Crippen LogP contribution is -2.02. The number of anilines is 1. The van der Waals surface area contributed by atoms with Gasteiger partial charge in [-0.25, -0.2) is 4.98 Å². The van der Waals surface area contributed by atoms with Crippen molar-refractivity contribution in [3.05, 3.63) is 38.8 Å². The molecular formula is C10H8Cl3N3O. The van der Waals surface area contributed by atoms with Crippen LogP contribution >= 0.6 is 34.8 Å². The molecule has 0 amide bonds. The second kappa shape index (κ2) is 5.12. The number of hydrogen-bond acceptors (Lipinski definition) is 4. The third kappa shape index (κ3) is 3.03. The van der Waals surface area contributed by atoms with Crippen molar-refractivity contribution in [1.82, 2.24) is 10.1 Å². The summed E-state index contributed by atoms with van der Waals surface area (Å²) in [6.45, 7) is 2.27. The maximum absolute atomic E-state index is 5.96. The molecular weight excluding hydrogens is 284 g/mol. The number of nitrogens with one attached hydrogen (secondary N) is 1. The molecule has 17 heavy (non-hydrogen) atoms. The summed E-state index contributed by atoms with van der Waals surface area (Å²) in [7, 11) is 0. The molecule has 4 nitrogen and oxygen atoms in total. The predicted molar refractivity (Wildman–Crippen MR) is 67.8 cm³/mol. The predicted octanol–water partition coefficient (Wildman–Crippen LogP) is 3.95. The van der Waals surface area contributed by atoms with Crippen LogP contribution in [0.4, 0.5) is 5.82 Å². The van der Waals surface area contributed by atoms with E-state index in [4.69, 9.17) is 39.3 Å². The van der Waals surface area contributed by atoms with Crippen molar-refractivity contribution in [2.75, 3.05) is 5.32 Å². The van der Waals surface area contributed by atoms with Gasteiger partial charge in [0.05, 0.1) is 16.6 Å². The van der Waals surface area contributed by atoms with Gasteiger partial charge in [0, 0.05) is 6.07 Å². The lowest BCUT2D eigenvalue weighted by molar-refractivity contribution is 0.391. The normalized spacial score (nSPS) is 10.6. The highest BCUT2D eigenvalue weighted by molar-refractivity contribution is 6.42. The number of pyridine rings is 1. The molecule has 2 aromatic rings. The Labute approximate surface area is 113 Å². The standard InChI is InChI=1S/C10H8Cl3N3O/c1-5-2-6(16-17-5)4-14-10-8(12)3-7(11)9(13)15-10/h2-3H,4H2,1H3,(H,14,15). The van der Waals surface area contributed by atoms with E-state index in [1.165, 1.54) is 6.07 Å². The highest BCUT2D eigenvalue weighted by Crippen LogP contribution is 2.28. The van der Waals surface area contributed by atoms with E-state index in [0.29, 0.717) is 22.4 Å². The monoisotopic (exact) mass is 291 g/mol. The lowest BCUT2D eigenvalue weighted by Gasteiger charge is -2.06. The van der Waals surface area contributed by atoms with Crippen LogP contribution in [0.5, 0.6) is 0 Å². The molecule has 1 N–H and O–H groups in total. The number of nitrogens with zero attached hydrogens (tertiary/aromatic N) is 2. The SMILES string of the molecule is Cc1cc(CNc2nc(Cl)c(Cl)cc2Cl)no1. The van der Waals surface area contributed by atoms with Gasteiger partial charge in [0.2, 0.25) is 0 Å². The zero-order valence-corrected chi connectivity index (χ0v) is 11.1. The highest BCUT2D eigenvalue weighted by Gasteiger charge is 2.08. The molecule has 2 rings (SSSR count). The van der Waals surface area contributed by atoms with Gasteiger partial charge >= 0.3 is 0 Å². The molecule has 0 aliphatic carbocycles. The van der Waals surface area contributed by atoms with E-state index >= 15 is 0 Å². The van der Waals surface area contributed by atoms with E-state index in [9.17, 15) is 0 Å². The number of halogens is 3. The van der Waals surface area contributed by atoms with Crippen LogP contribution in [0.25, 0.3) is 0 Å². The Morgan fingerprint density at radius 1 is 1.24 bits per heavy atom. The zero-order valence-electron chi connectivity index (χ0n) is 8.80. The molecule has 0 bridgehead atoms. The van der Waals surface area contributed by atoms with Crippen LogP contribution in [0, 0.1) is 6.92 Å². The molecule has 0 aliphatic rings. The third-order valence-corrected chi connectivity index (χ3v) is 2.96. The number of hydrogen-bond donors (Lipinski definition) is 1. The summed E-state index contributed by atoms with van der Waals surface area (Å²) < 4.78 is 4.94. The van der Waals surface area contributed by atoms with Crippen molar-refractivity contribution >= 4 is 40.6 Å². The van der Waals surface area contributed by atoms with E-state index in [2.05, 4.69) is 15.5 Å². The first-order valence-corrected chi connectivity index (χ1v) is 5.87. The average molecular weight is 293 g/mol. The fraction of sp³-hybridized carbons (Fsp3) is 0.200. The van der Waals surface area contributed by atoms with Crippen LogP contribution in [0.15, 0.2) is 16.7 Å². The summed E-state index contributed by atoms with van der Waals surface area (Å²) in [5.74, 6) is 1.21. The molecule has 0 saturated carbocycles. The largest absolute Gasteiger partial charge is 0.363 e. The molecule has 7 heteroatoms. The summed E-state index contributed by atoms with van der Waals surface area (Å²) >= 11 is 17.5. The Morgan fingerprint density at radius 2 is 2.00 bits per heavy atom. The van der Waals surface area contributed by atoms with Gasteiger partial charge in [-0.15, -0.1) is 0 Å². The van der Waals surface area contributed by atoms with Gasteiger partial charge in [-0.05, 0) is 13.0 Å². The maximum atomic E-state index is 5.96. The first kappa shape index (κ1) is 12.5. The van der Waals surface area contributed by atoms with Crippen molar-refractivity contribution in [2.45, 2.75) is 13.5 Å². The van der Waals surface area contributed by atoms with Crippen molar-refractivity contribution in [3.63, 3.8) is 0 Å². The molecule has 2 aromatic heterocycles. The first-order chi connectivity index (χ1) is 8.06. The van der Waals surface area contributed by atoms with E-state index < -0.39 is 0 Å². The molecule has 0 saturated heterocycles. The Balaban J connectivity index is 2.11. The second-order valence-electron chi connectivity index (χ2n) is 3.37. The number of aromatic nitrogens is 2. The molecule has 0 aliphatic heterocycles. The molecule has 0 fully saturated rings. The summed E-state index contributed by atoms with van der Waals surface area (Å²) in [6.07, 6.45) is 0. The molecule has 0 unspecified atom stereocenters. The first-order valence-electron chi connectivity index (χ1n) is 4.74. The van der Waals surface area contributed by atoms with Crippen molar-refractivity contribution in [1.29, 1.82) is 0 Å². The third-order valence-electron chi connectivity index (χ3n) is 2.00. The Bertz CT molecular complexity index is 542. The van der Waals surface area contributed by atoms with E-state index in [1.54, 1.807) is 0 Å². The zero-order chi connectivity index (χ0) is 12.4. The van der Waals surface area contributed by atoms with Crippen LogP contribution in [0.3, 0.4) is 0 Å². The highest BCUT2D eigenvalue weighted by atomic mass is 35.5. The number of rotatable bonds is 3. The Kier molecular flexibility index (Phi) is 3.76. The summed E-state index contributed by atoms with van der Waals surface area (Å²) in [6, 6.07) is 3.35. The van der Waals surface area contributed by atoms with Crippen LogP contribution < -0.4 is 5.32 Å². The Hall–Kier alpha value is -0.970. The molecule has 2 heterocycles. The summed E-state index contributed by atoms with van der Waals surface area (Å²) in [5.41, 5.74) is 0.756. The van der Waals surface area contributed by atoms with Gasteiger partial charge in [-0.2, -0.15) is 0 Å². The van der Waals surface area contributed by atoms with E-state index in [1.807, 2.05) is 13.0 Å². The van der Waals surface area contributed by atoms with E-state index in [0.717, 1.165) is 11.5 Å². The van der Waals surface area contributed by atoms with Gasteiger partial charge in [0.15, 0.2) is 0 Å². The quantitative estimate of drug-likeness (QED) is 0.870. The molecule has 0 aromatic carbocycles. The summed E-state index contributed by atoms with van der Waals surface area (Å²) in [5, 5.41) is 7.76. The average Bonchev–Trinajstić information content (AvgIpc) is 2.68. The Morgan fingerprint density at radius 3 is 2.65 bits per heavy atom. The number of aryl methyl sites for hydroxylation is 1. The maximum Gasteiger partial charge on any atom is 0.150 e. The van der Waals surface area contributed by atoms with Crippen LogP contribution in [-0.4, -0.2) is 10.1 Å². The van der Waals surface area contributed by atoms with E-state index in [-0.39, 0.29) is 5.15 Å². The van der Waals surface area contributed by atoms with Gasteiger partial charge in [-0.1, -0.05) is 40.0 Å². The minimum Gasteiger partial charge on any atom is -0.363 e. The second-order valence-corrected chi connectivity index (χ2v) is 4.55. The molecule has 0 radical (unpaired) electrons. The topological polar surface area (TPSA) is 51.0 Å². The van der Waals surface area contributed by atoms with Gasteiger partial charge < -0.3 is 9.84 Å². The van der Waals surface area contributed by atoms with Crippen LogP contribution in [-0.2, 0) is 6.54 Å². The smallest absolute Gasteiger partial charge is 0.150 e. The minimum absolute atomic E-state index is 0.204. The molecule has 0 atom stereocenters. The minimum atomic E-state index is 0.204. The molecule has 0 spiro atoms. The van der Waals surface area contributed by atoms with Gasteiger partial charge in [-0.3, -0.25) is 0 Å². The fourth-order valence-electron chi connectivity index (χ4n) is 1.24. The van der Waals surface area contributed by atoms with Crippen LogP contribution in [0.1, 0.15) is 11.5 Å². The van der Waals surface area contributed by atoms with Crippen molar-refractivity contribution in [2.24, 2.45) is 0 Å². The molecule has 90 valence electrons. The van der Waals surface area contributed by atoms with Crippen molar-refractivity contribution in [3.8, 4) is 0 Å².